The Hall–Kier alpha value is -2.62. The smallest absolute Gasteiger partial charge is 0.242 e. The van der Waals surface area contributed by atoms with Crippen LogP contribution in [0.25, 0.3) is 11.0 Å². The van der Waals surface area contributed by atoms with Crippen molar-refractivity contribution in [3.8, 4) is 11.6 Å². The van der Waals surface area contributed by atoms with Gasteiger partial charge in [0, 0.05) is 39.6 Å². The molecule has 4 rings (SSSR count). The van der Waals surface area contributed by atoms with Gasteiger partial charge in [-0.15, -0.1) is 0 Å². The highest BCUT2D eigenvalue weighted by Gasteiger charge is 2.37. The Balaban J connectivity index is 1.45. The van der Waals surface area contributed by atoms with Gasteiger partial charge in [0.15, 0.2) is 0 Å². The van der Waals surface area contributed by atoms with Gasteiger partial charge in [-0.2, -0.15) is 4.98 Å². The number of amides is 1. The molecule has 3 aromatic rings. The lowest BCUT2D eigenvalue weighted by Crippen LogP contribution is -2.31. The van der Waals surface area contributed by atoms with Gasteiger partial charge in [-0.25, -0.2) is 4.98 Å². The number of imidazole rings is 1. The second kappa shape index (κ2) is 11.4. The number of fused-ring (bicyclic) bond motifs is 1. The van der Waals surface area contributed by atoms with Crippen molar-refractivity contribution in [1.82, 2.24) is 19.4 Å². The molecule has 0 saturated carbocycles. The van der Waals surface area contributed by atoms with Crippen molar-refractivity contribution in [1.29, 1.82) is 0 Å². The van der Waals surface area contributed by atoms with Crippen LogP contribution in [0.5, 0.6) is 11.6 Å². The molecule has 0 bridgehead atoms. The van der Waals surface area contributed by atoms with Crippen molar-refractivity contribution in [2.75, 3.05) is 20.3 Å². The molecule has 1 aliphatic rings. The van der Waals surface area contributed by atoms with Gasteiger partial charge in [0.2, 0.25) is 11.8 Å². The van der Waals surface area contributed by atoms with Crippen LogP contribution >= 0.6 is 11.6 Å². The zero-order valence-electron chi connectivity index (χ0n) is 22.5. The van der Waals surface area contributed by atoms with E-state index in [1.54, 1.807) is 19.5 Å². The Kier molecular flexibility index (Phi) is 8.45. The van der Waals surface area contributed by atoms with Crippen molar-refractivity contribution in [3.63, 3.8) is 0 Å². The minimum Gasteiger partial charge on any atom is -0.497 e. The summed E-state index contributed by atoms with van der Waals surface area (Å²) in [5.74, 6) is 1.35. The van der Waals surface area contributed by atoms with Crippen LogP contribution in [-0.4, -0.2) is 59.8 Å². The first-order valence-corrected chi connectivity index (χ1v) is 16.8. The quantitative estimate of drug-likeness (QED) is 0.173. The maximum Gasteiger partial charge on any atom is 0.242 e. The fourth-order valence-electron chi connectivity index (χ4n) is 4.54. The molecule has 1 saturated heterocycles. The predicted octanol–water partition coefficient (Wildman–Crippen LogP) is 5.78. The largest absolute Gasteiger partial charge is 0.497 e. The molecule has 1 amide bonds. The van der Waals surface area contributed by atoms with Crippen LogP contribution in [0.2, 0.25) is 30.8 Å². The Bertz CT molecular complexity index is 1230. The standard InChI is InChI=1S/C27H37ClN4O4Si/c1-18(20-7-9-22(34-3)10-8-20)32-15-21(13-25(32)33)19(2)36-27-26-23(14-24(28)30-27)29-16-31(26)17-35-11-12-37(4,5)6/h7-10,14,16,18-19,21H,11-13,15,17H2,1-6H3/t18-,19-,21-/m1/s1. The number of rotatable bonds is 11. The van der Waals surface area contributed by atoms with Crippen LogP contribution < -0.4 is 9.47 Å². The third-order valence-corrected chi connectivity index (χ3v) is 8.87. The number of carbonyl (C=O) groups is 1. The molecular formula is C27H37ClN4O4Si. The third-order valence-electron chi connectivity index (χ3n) is 6.98. The average molecular weight is 545 g/mol. The molecule has 37 heavy (non-hydrogen) atoms. The monoisotopic (exact) mass is 544 g/mol. The Labute approximate surface area is 224 Å². The topological polar surface area (TPSA) is 78.7 Å². The molecule has 0 spiro atoms. The highest BCUT2D eigenvalue weighted by Crippen LogP contribution is 2.33. The van der Waals surface area contributed by atoms with Crippen LogP contribution in [0.4, 0.5) is 0 Å². The molecule has 3 atom stereocenters. The summed E-state index contributed by atoms with van der Waals surface area (Å²) in [7, 11) is 0.469. The van der Waals surface area contributed by atoms with Crippen molar-refractivity contribution < 1.29 is 19.0 Å². The lowest BCUT2D eigenvalue weighted by atomic mass is 10.0. The summed E-state index contributed by atoms with van der Waals surface area (Å²) in [4.78, 5) is 23.8. The van der Waals surface area contributed by atoms with Gasteiger partial charge in [-0.05, 0) is 37.6 Å². The SMILES string of the molecule is COc1ccc([C@@H](C)N2C[C@H]([C@@H](C)Oc3nc(Cl)cc4ncn(COCC[Si](C)(C)C)c34)CC2=O)cc1. The summed E-state index contributed by atoms with van der Waals surface area (Å²) in [5, 5.41) is 0.317. The number of pyridine rings is 1. The first-order valence-electron chi connectivity index (χ1n) is 12.7. The van der Waals surface area contributed by atoms with E-state index in [1.807, 2.05) is 40.7 Å². The minimum absolute atomic E-state index is 0.0217. The summed E-state index contributed by atoms with van der Waals surface area (Å²) in [5.41, 5.74) is 2.52. The zero-order chi connectivity index (χ0) is 26.7. The van der Waals surface area contributed by atoms with Crippen molar-refractivity contribution in [3.05, 3.63) is 47.4 Å². The Morgan fingerprint density at radius 1 is 1.19 bits per heavy atom. The normalized spacial score (nSPS) is 17.9. The lowest BCUT2D eigenvalue weighted by molar-refractivity contribution is -0.129. The van der Waals surface area contributed by atoms with Crippen LogP contribution in [0.3, 0.4) is 0 Å². The molecule has 0 aliphatic carbocycles. The fraction of sp³-hybridized carbons (Fsp3) is 0.519. The van der Waals surface area contributed by atoms with E-state index in [4.69, 9.17) is 25.8 Å². The van der Waals surface area contributed by atoms with Crippen molar-refractivity contribution >= 4 is 36.6 Å². The Morgan fingerprint density at radius 2 is 1.92 bits per heavy atom. The summed E-state index contributed by atoms with van der Waals surface area (Å²) >= 11 is 6.29. The number of methoxy groups -OCH3 is 1. The molecule has 8 nitrogen and oxygen atoms in total. The fourth-order valence-corrected chi connectivity index (χ4v) is 5.47. The number of carbonyl (C=O) groups excluding carboxylic acids is 1. The summed E-state index contributed by atoms with van der Waals surface area (Å²) in [6, 6.07) is 10.6. The van der Waals surface area contributed by atoms with E-state index in [9.17, 15) is 4.79 Å². The summed E-state index contributed by atoms with van der Waals surface area (Å²) in [6.45, 7) is 12.7. The van der Waals surface area contributed by atoms with E-state index in [2.05, 4.69) is 36.5 Å². The molecule has 2 aromatic heterocycles. The van der Waals surface area contributed by atoms with Gasteiger partial charge in [0.05, 0.1) is 25.0 Å². The zero-order valence-corrected chi connectivity index (χ0v) is 24.3. The number of hydrogen-bond donors (Lipinski definition) is 0. The maximum atomic E-state index is 13.0. The number of aromatic nitrogens is 3. The number of nitrogens with zero attached hydrogens (tertiary/aromatic N) is 4. The van der Waals surface area contributed by atoms with Crippen molar-refractivity contribution in [2.24, 2.45) is 5.92 Å². The second-order valence-electron chi connectivity index (χ2n) is 11.0. The molecule has 0 unspecified atom stereocenters. The second-order valence-corrected chi connectivity index (χ2v) is 17.0. The van der Waals surface area contributed by atoms with E-state index < -0.39 is 8.07 Å². The molecule has 1 fully saturated rings. The van der Waals surface area contributed by atoms with Gasteiger partial charge in [-0.3, -0.25) is 4.79 Å². The number of hydrogen-bond acceptors (Lipinski definition) is 6. The maximum absolute atomic E-state index is 13.0. The van der Waals surface area contributed by atoms with Crippen LogP contribution in [0, 0.1) is 5.92 Å². The number of halogens is 1. The Morgan fingerprint density at radius 3 is 2.59 bits per heavy atom. The predicted molar refractivity (Wildman–Crippen MR) is 148 cm³/mol. The van der Waals surface area contributed by atoms with Crippen LogP contribution in [0.15, 0.2) is 36.7 Å². The number of benzene rings is 1. The number of likely N-dealkylation sites (tertiary alicyclic amines) is 1. The highest BCUT2D eigenvalue weighted by atomic mass is 35.5. The van der Waals surface area contributed by atoms with Crippen molar-refractivity contribution in [2.45, 2.75) is 64.8 Å². The number of ether oxygens (including phenoxy) is 3. The van der Waals surface area contributed by atoms with Gasteiger partial charge >= 0.3 is 0 Å². The first-order chi connectivity index (χ1) is 17.6. The molecule has 10 heteroatoms. The lowest BCUT2D eigenvalue weighted by Gasteiger charge is -2.26. The van der Waals surface area contributed by atoms with Gasteiger partial charge in [-0.1, -0.05) is 43.4 Å². The van der Waals surface area contributed by atoms with E-state index >= 15 is 0 Å². The van der Waals surface area contributed by atoms with E-state index in [-0.39, 0.29) is 24.0 Å². The molecule has 0 N–H and O–H groups in total. The van der Waals surface area contributed by atoms with Gasteiger partial charge in [0.1, 0.15) is 29.3 Å². The molecular weight excluding hydrogens is 508 g/mol. The van der Waals surface area contributed by atoms with Crippen LogP contribution in [-0.2, 0) is 16.3 Å². The summed E-state index contributed by atoms with van der Waals surface area (Å²) in [6.07, 6.45) is 1.90. The van der Waals surface area contributed by atoms with E-state index in [1.165, 1.54) is 0 Å². The minimum atomic E-state index is -1.18. The highest BCUT2D eigenvalue weighted by molar-refractivity contribution is 6.76. The average Bonchev–Trinajstić information content (AvgIpc) is 3.44. The summed E-state index contributed by atoms with van der Waals surface area (Å²) < 4.78 is 19.5. The van der Waals surface area contributed by atoms with E-state index in [0.717, 1.165) is 22.9 Å². The van der Waals surface area contributed by atoms with Crippen LogP contribution in [0.1, 0.15) is 31.9 Å². The van der Waals surface area contributed by atoms with Gasteiger partial charge in [0.25, 0.3) is 0 Å². The van der Waals surface area contributed by atoms with Gasteiger partial charge < -0.3 is 23.7 Å². The molecule has 3 heterocycles. The molecule has 1 aliphatic heterocycles. The third kappa shape index (κ3) is 6.63. The first kappa shape index (κ1) is 27.4. The molecule has 200 valence electrons. The molecule has 0 radical (unpaired) electrons. The van der Waals surface area contributed by atoms with E-state index in [0.29, 0.717) is 42.9 Å². The molecule has 1 aromatic carbocycles.